The molecular weight excluding hydrogens is 284 g/mol. The minimum atomic E-state index is 0.0460. The van der Waals surface area contributed by atoms with E-state index in [0.717, 1.165) is 13.1 Å². The van der Waals surface area contributed by atoms with Crippen molar-refractivity contribution in [2.24, 2.45) is 11.7 Å². The van der Waals surface area contributed by atoms with E-state index in [2.05, 4.69) is 11.8 Å². The second kappa shape index (κ2) is 7.49. The molecule has 1 amide bonds. The van der Waals surface area contributed by atoms with Crippen LogP contribution in [0.3, 0.4) is 0 Å². The van der Waals surface area contributed by atoms with Gasteiger partial charge in [0.05, 0.1) is 11.6 Å². The zero-order chi connectivity index (χ0) is 15.2. The number of benzene rings is 1. The molecule has 1 saturated carbocycles. The molecule has 1 aromatic rings. The highest BCUT2D eigenvalue weighted by Crippen LogP contribution is 2.27. The molecule has 0 atom stereocenters. The normalized spacial score (nSPS) is 14.0. The zero-order valence-electron chi connectivity index (χ0n) is 12.4. The van der Waals surface area contributed by atoms with Gasteiger partial charge in [-0.3, -0.25) is 4.79 Å². The van der Waals surface area contributed by atoms with Gasteiger partial charge in [-0.15, -0.1) is 0 Å². The summed E-state index contributed by atoms with van der Waals surface area (Å²) in [5, 5.41) is 0.501. The Balaban J connectivity index is 2.11. The standard InChI is InChI=1S/C17H21ClN2O/c1-2-20(12-13-5-3-6-13)17(21)15-9-8-14(7-4-10-19)16(18)11-15/h8-9,11,13H,2-3,5-6,10,12,19H2,1H3. The van der Waals surface area contributed by atoms with E-state index in [4.69, 9.17) is 17.3 Å². The molecule has 0 spiro atoms. The van der Waals surface area contributed by atoms with Crippen LogP contribution >= 0.6 is 11.6 Å². The average Bonchev–Trinajstić information content (AvgIpc) is 2.44. The van der Waals surface area contributed by atoms with Gasteiger partial charge in [-0.2, -0.15) is 0 Å². The van der Waals surface area contributed by atoms with Gasteiger partial charge in [-0.05, 0) is 43.9 Å². The monoisotopic (exact) mass is 304 g/mol. The van der Waals surface area contributed by atoms with E-state index >= 15 is 0 Å². The van der Waals surface area contributed by atoms with Gasteiger partial charge in [0.2, 0.25) is 0 Å². The number of rotatable bonds is 4. The first-order valence-corrected chi connectivity index (χ1v) is 7.81. The Morgan fingerprint density at radius 1 is 1.48 bits per heavy atom. The molecule has 3 nitrogen and oxygen atoms in total. The van der Waals surface area contributed by atoms with E-state index in [-0.39, 0.29) is 5.91 Å². The molecule has 0 saturated heterocycles. The highest BCUT2D eigenvalue weighted by molar-refractivity contribution is 6.32. The van der Waals surface area contributed by atoms with Crippen LogP contribution in [0.1, 0.15) is 42.1 Å². The summed E-state index contributed by atoms with van der Waals surface area (Å²) in [6.07, 6.45) is 3.76. The molecule has 1 aliphatic carbocycles. The Hall–Kier alpha value is -1.50. The summed E-state index contributed by atoms with van der Waals surface area (Å²) in [7, 11) is 0. The van der Waals surface area contributed by atoms with Crippen LogP contribution in [0, 0.1) is 17.8 Å². The molecule has 0 heterocycles. The van der Waals surface area contributed by atoms with Crippen molar-refractivity contribution in [3.8, 4) is 11.8 Å². The molecule has 1 fully saturated rings. The number of nitrogens with two attached hydrogens (primary N) is 1. The molecule has 0 bridgehead atoms. The van der Waals surface area contributed by atoms with Crippen LogP contribution in [-0.4, -0.2) is 30.4 Å². The summed E-state index contributed by atoms with van der Waals surface area (Å²) in [5.41, 5.74) is 6.68. The minimum absolute atomic E-state index is 0.0460. The van der Waals surface area contributed by atoms with Crippen molar-refractivity contribution in [2.75, 3.05) is 19.6 Å². The van der Waals surface area contributed by atoms with Crippen LogP contribution in [0.25, 0.3) is 0 Å². The van der Waals surface area contributed by atoms with E-state index in [9.17, 15) is 4.79 Å². The topological polar surface area (TPSA) is 46.3 Å². The van der Waals surface area contributed by atoms with Crippen molar-refractivity contribution in [3.63, 3.8) is 0 Å². The van der Waals surface area contributed by atoms with E-state index < -0.39 is 0 Å². The van der Waals surface area contributed by atoms with Crippen molar-refractivity contribution < 1.29 is 4.79 Å². The Kier molecular flexibility index (Phi) is 5.67. The highest BCUT2D eigenvalue weighted by atomic mass is 35.5. The number of carbonyl (C=O) groups is 1. The first-order chi connectivity index (χ1) is 10.2. The zero-order valence-corrected chi connectivity index (χ0v) is 13.1. The van der Waals surface area contributed by atoms with E-state index in [1.54, 1.807) is 18.2 Å². The molecule has 0 radical (unpaired) electrons. The molecule has 2 rings (SSSR count). The lowest BCUT2D eigenvalue weighted by molar-refractivity contribution is 0.0706. The molecule has 0 unspecified atom stereocenters. The minimum Gasteiger partial charge on any atom is -0.339 e. The second-order valence-corrected chi connectivity index (χ2v) is 5.75. The average molecular weight is 305 g/mol. The lowest BCUT2D eigenvalue weighted by Gasteiger charge is -2.31. The first-order valence-electron chi connectivity index (χ1n) is 7.43. The van der Waals surface area contributed by atoms with Crippen molar-refractivity contribution in [2.45, 2.75) is 26.2 Å². The summed E-state index contributed by atoms with van der Waals surface area (Å²) >= 11 is 6.19. The van der Waals surface area contributed by atoms with Gasteiger partial charge in [0.15, 0.2) is 0 Å². The fourth-order valence-electron chi connectivity index (χ4n) is 2.42. The van der Waals surface area contributed by atoms with Gasteiger partial charge in [0.1, 0.15) is 0 Å². The Morgan fingerprint density at radius 3 is 2.76 bits per heavy atom. The van der Waals surface area contributed by atoms with E-state index in [1.165, 1.54) is 19.3 Å². The quantitative estimate of drug-likeness (QED) is 0.869. The van der Waals surface area contributed by atoms with Crippen LogP contribution in [0.2, 0.25) is 5.02 Å². The van der Waals surface area contributed by atoms with Gasteiger partial charge < -0.3 is 10.6 Å². The van der Waals surface area contributed by atoms with Crippen LogP contribution in [0.5, 0.6) is 0 Å². The lowest BCUT2D eigenvalue weighted by Crippen LogP contribution is -2.37. The van der Waals surface area contributed by atoms with Crippen LogP contribution in [0.4, 0.5) is 0 Å². The van der Waals surface area contributed by atoms with Gasteiger partial charge in [0.25, 0.3) is 5.91 Å². The van der Waals surface area contributed by atoms with Crippen LogP contribution < -0.4 is 5.73 Å². The number of hydrogen-bond acceptors (Lipinski definition) is 2. The van der Waals surface area contributed by atoms with E-state index in [0.29, 0.717) is 28.6 Å². The second-order valence-electron chi connectivity index (χ2n) is 5.34. The molecule has 2 N–H and O–H groups in total. The molecular formula is C17H21ClN2O. The third kappa shape index (κ3) is 4.00. The number of amides is 1. The smallest absolute Gasteiger partial charge is 0.253 e. The summed E-state index contributed by atoms with van der Waals surface area (Å²) < 4.78 is 0. The number of hydrogen-bond donors (Lipinski definition) is 1. The van der Waals surface area contributed by atoms with Gasteiger partial charge in [0, 0.05) is 24.2 Å². The maximum absolute atomic E-state index is 12.5. The fraction of sp³-hybridized carbons (Fsp3) is 0.471. The first kappa shape index (κ1) is 15.9. The predicted octanol–water partition coefficient (Wildman–Crippen LogP) is 2.91. The number of halogens is 1. The van der Waals surface area contributed by atoms with Gasteiger partial charge >= 0.3 is 0 Å². The van der Waals surface area contributed by atoms with Crippen molar-refractivity contribution in [1.29, 1.82) is 0 Å². The van der Waals surface area contributed by atoms with Crippen molar-refractivity contribution >= 4 is 17.5 Å². The molecule has 1 aromatic carbocycles. The van der Waals surface area contributed by atoms with Gasteiger partial charge in [-0.25, -0.2) is 0 Å². The fourth-order valence-corrected chi connectivity index (χ4v) is 2.65. The Bertz CT molecular complexity index is 570. The van der Waals surface area contributed by atoms with Crippen LogP contribution in [-0.2, 0) is 0 Å². The molecule has 21 heavy (non-hydrogen) atoms. The lowest BCUT2D eigenvalue weighted by atomic mass is 9.85. The molecule has 112 valence electrons. The maximum atomic E-state index is 12.5. The molecule has 0 aromatic heterocycles. The SMILES string of the molecule is CCN(CC1CCC1)C(=O)c1ccc(C#CCN)c(Cl)c1. The third-order valence-corrected chi connectivity index (χ3v) is 4.23. The number of nitrogens with zero attached hydrogens (tertiary/aromatic N) is 1. The Morgan fingerprint density at radius 2 is 2.24 bits per heavy atom. The predicted molar refractivity (Wildman–Crippen MR) is 86.3 cm³/mol. The molecule has 4 heteroatoms. The highest BCUT2D eigenvalue weighted by Gasteiger charge is 2.23. The third-order valence-electron chi connectivity index (χ3n) is 3.91. The largest absolute Gasteiger partial charge is 0.339 e. The van der Waals surface area contributed by atoms with Crippen molar-refractivity contribution in [1.82, 2.24) is 4.90 Å². The van der Waals surface area contributed by atoms with Crippen LogP contribution in [0.15, 0.2) is 18.2 Å². The summed E-state index contributed by atoms with van der Waals surface area (Å²) in [6.45, 7) is 3.88. The molecule has 0 aliphatic heterocycles. The maximum Gasteiger partial charge on any atom is 0.253 e. The summed E-state index contributed by atoms with van der Waals surface area (Å²) in [4.78, 5) is 14.4. The van der Waals surface area contributed by atoms with E-state index in [1.807, 2.05) is 11.8 Å². The summed E-state index contributed by atoms with van der Waals surface area (Å²) in [5.74, 6) is 6.38. The molecule has 1 aliphatic rings. The summed E-state index contributed by atoms with van der Waals surface area (Å²) in [6, 6.07) is 5.28. The van der Waals surface area contributed by atoms with Gasteiger partial charge in [-0.1, -0.05) is 29.9 Å². The van der Waals surface area contributed by atoms with Crippen molar-refractivity contribution in [3.05, 3.63) is 34.3 Å². The Labute approximate surface area is 131 Å². The number of carbonyl (C=O) groups excluding carboxylic acids is 1.